The number of anilines is 2. The van der Waals surface area contributed by atoms with Crippen molar-refractivity contribution in [1.29, 1.82) is 0 Å². The topological polar surface area (TPSA) is 41.1 Å². The molecule has 4 nitrogen and oxygen atoms in total. The van der Waals surface area contributed by atoms with Gasteiger partial charge in [-0.05, 0) is 13.3 Å². The Morgan fingerprint density at radius 2 is 1.94 bits per heavy atom. The first kappa shape index (κ1) is 13.7. The molecule has 0 aliphatic rings. The largest absolute Gasteiger partial charge is 0.373 e. The van der Waals surface area contributed by atoms with Crippen LogP contribution >= 0.6 is 0 Å². The number of hydrogen-bond acceptors (Lipinski definition) is 4. The average Bonchev–Trinajstić information content (AvgIpc) is 2.29. The second-order valence-corrected chi connectivity index (χ2v) is 4.71. The third-order valence-electron chi connectivity index (χ3n) is 2.81. The zero-order valence-corrected chi connectivity index (χ0v) is 11.8. The number of aromatic nitrogens is 2. The predicted octanol–water partition coefficient (Wildman–Crippen LogP) is 2.80. The van der Waals surface area contributed by atoms with Crippen molar-refractivity contribution in [1.82, 2.24) is 9.97 Å². The van der Waals surface area contributed by atoms with Crippen molar-refractivity contribution >= 4 is 11.6 Å². The van der Waals surface area contributed by atoms with Crippen molar-refractivity contribution in [2.45, 2.75) is 40.0 Å². The molecule has 1 N–H and O–H groups in total. The molecular formula is C13H24N4. The van der Waals surface area contributed by atoms with E-state index in [2.05, 4.69) is 54.9 Å². The van der Waals surface area contributed by atoms with Gasteiger partial charge in [0.05, 0.1) is 0 Å². The van der Waals surface area contributed by atoms with E-state index in [4.69, 9.17) is 0 Å². The minimum absolute atomic E-state index is 0.344. The van der Waals surface area contributed by atoms with Crippen molar-refractivity contribution in [2.75, 3.05) is 30.9 Å². The molecule has 0 aliphatic heterocycles. The van der Waals surface area contributed by atoms with Crippen molar-refractivity contribution in [2.24, 2.45) is 0 Å². The summed E-state index contributed by atoms with van der Waals surface area (Å²) < 4.78 is 0. The molecule has 0 unspecified atom stereocenters. The molecule has 0 aromatic carbocycles. The van der Waals surface area contributed by atoms with Gasteiger partial charge in [-0.1, -0.05) is 20.8 Å². The van der Waals surface area contributed by atoms with E-state index in [-0.39, 0.29) is 0 Å². The molecule has 1 aromatic heterocycles. The molecular weight excluding hydrogens is 212 g/mol. The van der Waals surface area contributed by atoms with Crippen LogP contribution in [0.5, 0.6) is 0 Å². The zero-order chi connectivity index (χ0) is 13.0. The Bertz CT molecular complexity index is 374. The Kier molecular flexibility index (Phi) is 4.73. The van der Waals surface area contributed by atoms with Gasteiger partial charge in [0, 0.05) is 32.1 Å². The van der Waals surface area contributed by atoms with Crippen LogP contribution in [0.3, 0.4) is 0 Å². The number of nitrogens with one attached hydrogen (secondary N) is 1. The second-order valence-electron chi connectivity index (χ2n) is 4.71. The van der Waals surface area contributed by atoms with Gasteiger partial charge in [0.25, 0.3) is 0 Å². The summed E-state index contributed by atoms with van der Waals surface area (Å²) in [5.74, 6) is 3.21. The van der Waals surface area contributed by atoms with Gasteiger partial charge in [-0.2, -0.15) is 0 Å². The van der Waals surface area contributed by atoms with E-state index in [1.807, 2.05) is 7.05 Å². The fourth-order valence-corrected chi connectivity index (χ4v) is 1.84. The Balaban J connectivity index is 3.22. The quantitative estimate of drug-likeness (QED) is 0.853. The first-order valence-corrected chi connectivity index (χ1v) is 6.28. The Labute approximate surface area is 104 Å². The van der Waals surface area contributed by atoms with Gasteiger partial charge < -0.3 is 10.2 Å². The fraction of sp³-hybridized carbons (Fsp3) is 0.692. The lowest BCUT2D eigenvalue weighted by molar-refractivity contribution is 0.755. The summed E-state index contributed by atoms with van der Waals surface area (Å²) in [6, 6.07) is 0. The molecule has 1 aromatic rings. The molecule has 0 saturated heterocycles. The van der Waals surface area contributed by atoms with Crippen LogP contribution < -0.4 is 10.2 Å². The van der Waals surface area contributed by atoms with Crippen LogP contribution in [0, 0.1) is 6.92 Å². The highest BCUT2D eigenvalue weighted by atomic mass is 15.2. The van der Waals surface area contributed by atoms with E-state index in [0.717, 1.165) is 36.0 Å². The molecule has 0 saturated carbocycles. The number of rotatable bonds is 5. The van der Waals surface area contributed by atoms with Gasteiger partial charge in [-0.3, -0.25) is 0 Å². The smallest absolute Gasteiger partial charge is 0.137 e. The van der Waals surface area contributed by atoms with Crippen molar-refractivity contribution in [3.05, 3.63) is 11.4 Å². The first-order chi connectivity index (χ1) is 8.01. The molecule has 0 amide bonds. The molecule has 0 bridgehead atoms. The molecule has 0 radical (unpaired) electrons. The molecule has 17 heavy (non-hydrogen) atoms. The lowest BCUT2D eigenvalue weighted by atomic mass is 10.2. The van der Waals surface area contributed by atoms with Gasteiger partial charge >= 0.3 is 0 Å². The van der Waals surface area contributed by atoms with Crippen LogP contribution in [0.15, 0.2) is 0 Å². The highest BCUT2D eigenvalue weighted by molar-refractivity contribution is 5.58. The van der Waals surface area contributed by atoms with E-state index in [1.165, 1.54) is 0 Å². The normalized spacial score (nSPS) is 10.8. The lowest BCUT2D eigenvalue weighted by Gasteiger charge is -2.22. The van der Waals surface area contributed by atoms with Gasteiger partial charge in [0.2, 0.25) is 0 Å². The summed E-state index contributed by atoms with van der Waals surface area (Å²) in [4.78, 5) is 11.4. The van der Waals surface area contributed by atoms with Gasteiger partial charge in [0.1, 0.15) is 17.5 Å². The summed E-state index contributed by atoms with van der Waals surface area (Å²) in [6.07, 6.45) is 1.12. The molecule has 0 spiro atoms. The molecule has 0 atom stereocenters. The number of nitrogens with zero attached hydrogens (tertiary/aromatic N) is 3. The van der Waals surface area contributed by atoms with Crippen LogP contribution in [-0.2, 0) is 0 Å². The maximum absolute atomic E-state index is 4.67. The maximum atomic E-state index is 4.67. The van der Waals surface area contributed by atoms with E-state index >= 15 is 0 Å². The molecule has 1 heterocycles. The third-order valence-corrected chi connectivity index (χ3v) is 2.81. The summed E-state index contributed by atoms with van der Waals surface area (Å²) in [5.41, 5.74) is 1.12. The lowest BCUT2D eigenvalue weighted by Crippen LogP contribution is -2.22. The predicted molar refractivity (Wildman–Crippen MR) is 74.0 cm³/mol. The molecule has 4 heteroatoms. The highest BCUT2D eigenvalue weighted by Crippen LogP contribution is 2.25. The van der Waals surface area contributed by atoms with Crippen LogP contribution in [-0.4, -0.2) is 30.6 Å². The monoisotopic (exact) mass is 236 g/mol. The SMILES string of the molecule is CCCN(C)c1nc(C(C)C)nc(NC)c1C. The second kappa shape index (κ2) is 5.84. The Morgan fingerprint density at radius 1 is 1.29 bits per heavy atom. The van der Waals surface area contributed by atoms with E-state index in [9.17, 15) is 0 Å². The van der Waals surface area contributed by atoms with Crippen molar-refractivity contribution in [3.8, 4) is 0 Å². The van der Waals surface area contributed by atoms with Crippen LogP contribution in [0.2, 0.25) is 0 Å². The average molecular weight is 236 g/mol. The fourth-order valence-electron chi connectivity index (χ4n) is 1.84. The Hall–Kier alpha value is -1.32. The minimum atomic E-state index is 0.344. The van der Waals surface area contributed by atoms with Crippen LogP contribution in [0.25, 0.3) is 0 Å². The summed E-state index contributed by atoms with van der Waals surface area (Å²) in [7, 11) is 3.99. The van der Waals surface area contributed by atoms with E-state index < -0.39 is 0 Å². The van der Waals surface area contributed by atoms with Crippen molar-refractivity contribution < 1.29 is 0 Å². The maximum Gasteiger partial charge on any atom is 0.137 e. The third kappa shape index (κ3) is 3.08. The molecule has 1 rings (SSSR count). The summed E-state index contributed by atoms with van der Waals surface area (Å²) in [5, 5.41) is 3.15. The van der Waals surface area contributed by atoms with Crippen LogP contribution in [0.4, 0.5) is 11.6 Å². The zero-order valence-electron chi connectivity index (χ0n) is 11.8. The van der Waals surface area contributed by atoms with E-state index in [1.54, 1.807) is 0 Å². The van der Waals surface area contributed by atoms with E-state index in [0.29, 0.717) is 5.92 Å². The standard InChI is InChI=1S/C13H24N4/c1-7-8-17(6)13-10(4)12(14-5)15-11(16-13)9(2)3/h9H,7-8H2,1-6H3,(H,14,15,16). The number of hydrogen-bond donors (Lipinski definition) is 1. The summed E-state index contributed by atoms with van der Waals surface area (Å²) in [6.45, 7) is 9.49. The van der Waals surface area contributed by atoms with Gasteiger partial charge in [0.15, 0.2) is 0 Å². The molecule has 0 fully saturated rings. The molecule has 0 aliphatic carbocycles. The minimum Gasteiger partial charge on any atom is -0.373 e. The van der Waals surface area contributed by atoms with Crippen molar-refractivity contribution in [3.63, 3.8) is 0 Å². The highest BCUT2D eigenvalue weighted by Gasteiger charge is 2.14. The Morgan fingerprint density at radius 3 is 2.41 bits per heavy atom. The first-order valence-electron chi connectivity index (χ1n) is 6.28. The molecule has 96 valence electrons. The summed E-state index contributed by atoms with van der Waals surface area (Å²) >= 11 is 0. The van der Waals surface area contributed by atoms with Gasteiger partial charge in [-0.25, -0.2) is 9.97 Å². The van der Waals surface area contributed by atoms with Gasteiger partial charge in [-0.15, -0.1) is 0 Å². The van der Waals surface area contributed by atoms with Crippen LogP contribution in [0.1, 0.15) is 44.5 Å².